The molecule has 0 saturated carbocycles. The molecule has 0 aromatic heterocycles. The van der Waals surface area contributed by atoms with E-state index in [2.05, 4.69) is 13.8 Å². The summed E-state index contributed by atoms with van der Waals surface area (Å²) in [5.41, 5.74) is 0. The molecule has 120 valence electrons. The van der Waals surface area contributed by atoms with E-state index in [-0.39, 0.29) is 0 Å². The Bertz CT molecular complexity index is 202. The standard InChI is InChI=1S/C16H34NO3/c1-3-11-18-13-5-7-17(9-15-20-16-10-17)8-6-14-19-12-4-2/h3-16H2,1-2H3/q+1. The number of quaternary nitrogens is 1. The molecule has 0 unspecified atom stereocenters. The van der Waals surface area contributed by atoms with Gasteiger partial charge in [-0.15, -0.1) is 0 Å². The number of hydrogen-bond donors (Lipinski definition) is 0. The Kier molecular flexibility index (Phi) is 10.3. The second-order valence-corrected chi connectivity index (χ2v) is 5.78. The molecular weight excluding hydrogens is 254 g/mol. The molecule has 1 aliphatic heterocycles. The molecule has 0 N–H and O–H groups in total. The second kappa shape index (κ2) is 11.5. The van der Waals surface area contributed by atoms with E-state index in [9.17, 15) is 0 Å². The third-order valence-corrected chi connectivity index (χ3v) is 3.96. The largest absolute Gasteiger partial charge is 0.381 e. The molecular formula is C16H34NO3+. The maximum atomic E-state index is 5.61. The van der Waals surface area contributed by atoms with Crippen molar-refractivity contribution in [2.24, 2.45) is 0 Å². The predicted octanol–water partition coefficient (Wildman–Crippen LogP) is 2.47. The Labute approximate surface area is 125 Å². The van der Waals surface area contributed by atoms with Gasteiger partial charge in [-0.3, -0.25) is 0 Å². The van der Waals surface area contributed by atoms with E-state index >= 15 is 0 Å². The fourth-order valence-electron chi connectivity index (χ4n) is 2.79. The lowest BCUT2D eigenvalue weighted by Gasteiger charge is -2.41. The van der Waals surface area contributed by atoms with Gasteiger partial charge in [-0.1, -0.05) is 13.8 Å². The summed E-state index contributed by atoms with van der Waals surface area (Å²) >= 11 is 0. The van der Waals surface area contributed by atoms with Gasteiger partial charge in [0.1, 0.15) is 13.1 Å². The van der Waals surface area contributed by atoms with Crippen molar-refractivity contribution in [3.05, 3.63) is 0 Å². The first-order chi connectivity index (χ1) is 9.83. The zero-order valence-corrected chi connectivity index (χ0v) is 13.6. The first-order valence-corrected chi connectivity index (χ1v) is 8.41. The minimum Gasteiger partial charge on any atom is -0.381 e. The molecule has 0 spiro atoms. The van der Waals surface area contributed by atoms with Crippen LogP contribution in [0.2, 0.25) is 0 Å². The fraction of sp³-hybridized carbons (Fsp3) is 1.00. The van der Waals surface area contributed by atoms with Gasteiger partial charge in [-0.05, 0) is 12.8 Å². The third-order valence-electron chi connectivity index (χ3n) is 3.96. The molecule has 0 radical (unpaired) electrons. The molecule has 0 bridgehead atoms. The highest BCUT2D eigenvalue weighted by Gasteiger charge is 2.29. The van der Waals surface area contributed by atoms with Crippen molar-refractivity contribution in [3.63, 3.8) is 0 Å². The van der Waals surface area contributed by atoms with E-state index in [1.54, 1.807) is 0 Å². The molecule has 0 amide bonds. The van der Waals surface area contributed by atoms with Gasteiger partial charge in [-0.2, -0.15) is 0 Å². The third kappa shape index (κ3) is 7.58. The summed E-state index contributed by atoms with van der Waals surface area (Å²) < 4.78 is 18.0. The Hall–Kier alpha value is -0.160. The van der Waals surface area contributed by atoms with Crippen molar-refractivity contribution >= 4 is 0 Å². The fourth-order valence-corrected chi connectivity index (χ4v) is 2.79. The average molecular weight is 288 g/mol. The summed E-state index contributed by atoms with van der Waals surface area (Å²) in [4.78, 5) is 0. The Balaban J connectivity index is 2.22. The maximum Gasteiger partial charge on any atom is 0.102 e. The summed E-state index contributed by atoms with van der Waals surface area (Å²) in [7, 11) is 0. The van der Waals surface area contributed by atoms with Crippen molar-refractivity contribution in [1.29, 1.82) is 0 Å². The molecule has 1 aliphatic rings. The lowest BCUT2D eigenvalue weighted by molar-refractivity contribution is -0.935. The van der Waals surface area contributed by atoms with Gasteiger partial charge >= 0.3 is 0 Å². The monoisotopic (exact) mass is 288 g/mol. The smallest absolute Gasteiger partial charge is 0.102 e. The minimum absolute atomic E-state index is 0.897. The van der Waals surface area contributed by atoms with E-state index in [4.69, 9.17) is 14.2 Å². The van der Waals surface area contributed by atoms with Crippen LogP contribution in [0.3, 0.4) is 0 Å². The first-order valence-electron chi connectivity index (χ1n) is 8.41. The van der Waals surface area contributed by atoms with E-state index in [1.807, 2.05) is 0 Å². The molecule has 1 saturated heterocycles. The predicted molar refractivity (Wildman–Crippen MR) is 82.0 cm³/mol. The Morgan fingerprint density at radius 3 is 1.75 bits per heavy atom. The quantitative estimate of drug-likeness (QED) is 0.408. The molecule has 1 heterocycles. The summed E-state index contributed by atoms with van der Waals surface area (Å²) in [6.45, 7) is 14.5. The van der Waals surface area contributed by atoms with Crippen molar-refractivity contribution in [2.45, 2.75) is 39.5 Å². The summed E-state index contributed by atoms with van der Waals surface area (Å²) in [6.07, 6.45) is 4.55. The first kappa shape index (κ1) is 17.9. The lowest BCUT2D eigenvalue weighted by Crippen LogP contribution is -2.56. The summed E-state index contributed by atoms with van der Waals surface area (Å²) in [5, 5.41) is 0. The van der Waals surface area contributed by atoms with Crippen LogP contribution < -0.4 is 0 Å². The van der Waals surface area contributed by atoms with Crippen molar-refractivity contribution in [1.82, 2.24) is 0 Å². The molecule has 1 fully saturated rings. The lowest BCUT2D eigenvalue weighted by atomic mass is 10.2. The zero-order valence-electron chi connectivity index (χ0n) is 13.6. The van der Waals surface area contributed by atoms with Gasteiger partial charge in [0.15, 0.2) is 0 Å². The van der Waals surface area contributed by atoms with Crippen LogP contribution in [0.25, 0.3) is 0 Å². The molecule has 4 heteroatoms. The normalized spacial score (nSPS) is 18.3. The van der Waals surface area contributed by atoms with Gasteiger partial charge in [-0.25, -0.2) is 0 Å². The molecule has 0 aromatic rings. The molecule has 0 aromatic carbocycles. The number of rotatable bonds is 12. The highest BCUT2D eigenvalue weighted by molar-refractivity contribution is 4.52. The average Bonchev–Trinajstić information content (AvgIpc) is 2.48. The van der Waals surface area contributed by atoms with Crippen molar-refractivity contribution < 1.29 is 18.7 Å². The topological polar surface area (TPSA) is 27.7 Å². The van der Waals surface area contributed by atoms with Crippen LogP contribution in [0.15, 0.2) is 0 Å². The minimum atomic E-state index is 0.897. The summed E-state index contributed by atoms with van der Waals surface area (Å²) in [5.74, 6) is 0. The SMILES string of the molecule is CCCOCCC[N+]1(CCCOCCC)CCOCC1. The van der Waals surface area contributed by atoms with Gasteiger partial charge in [0.05, 0.1) is 39.5 Å². The van der Waals surface area contributed by atoms with Gasteiger partial charge < -0.3 is 18.7 Å². The van der Waals surface area contributed by atoms with Crippen LogP contribution in [-0.4, -0.2) is 70.3 Å². The van der Waals surface area contributed by atoms with Crippen LogP contribution in [0.5, 0.6) is 0 Å². The highest BCUT2D eigenvalue weighted by Crippen LogP contribution is 2.14. The summed E-state index contributed by atoms with van der Waals surface area (Å²) in [6, 6.07) is 0. The second-order valence-electron chi connectivity index (χ2n) is 5.78. The number of hydrogen-bond acceptors (Lipinski definition) is 3. The van der Waals surface area contributed by atoms with Crippen LogP contribution in [-0.2, 0) is 14.2 Å². The zero-order chi connectivity index (χ0) is 14.5. The molecule has 20 heavy (non-hydrogen) atoms. The van der Waals surface area contributed by atoms with E-state index < -0.39 is 0 Å². The Morgan fingerprint density at radius 2 is 1.30 bits per heavy atom. The number of ether oxygens (including phenoxy) is 3. The number of morpholine rings is 1. The van der Waals surface area contributed by atoms with E-state index in [1.165, 1.54) is 17.6 Å². The van der Waals surface area contributed by atoms with Gasteiger partial charge in [0.2, 0.25) is 0 Å². The Morgan fingerprint density at radius 1 is 0.800 bits per heavy atom. The van der Waals surface area contributed by atoms with Crippen LogP contribution in [0.1, 0.15) is 39.5 Å². The van der Waals surface area contributed by atoms with Crippen LogP contribution >= 0.6 is 0 Å². The van der Waals surface area contributed by atoms with Crippen LogP contribution in [0.4, 0.5) is 0 Å². The molecule has 1 rings (SSSR count). The molecule has 4 nitrogen and oxygen atoms in total. The van der Waals surface area contributed by atoms with Crippen LogP contribution in [0, 0.1) is 0 Å². The molecule has 0 atom stereocenters. The van der Waals surface area contributed by atoms with Gasteiger partial charge in [0, 0.05) is 26.1 Å². The van der Waals surface area contributed by atoms with E-state index in [0.717, 1.165) is 78.4 Å². The maximum absolute atomic E-state index is 5.61. The van der Waals surface area contributed by atoms with E-state index in [0.29, 0.717) is 0 Å². The number of nitrogens with zero attached hydrogens (tertiary/aromatic N) is 1. The van der Waals surface area contributed by atoms with Crippen molar-refractivity contribution in [2.75, 3.05) is 65.8 Å². The highest BCUT2D eigenvalue weighted by atomic mass is 16.5. The van der Waals surface area contributed by atoms with Gasteiger partial charge in [0.25, 0.3) is 0 Å². The van der Waals surface area contributed by atoms with Crippen molar-refractivity contribution in [3.8, 4) is 0 Å². The molecule has 0 aliphatic carbocycles.